The van der Waals surface area contributed by atoms with Crippen molar-refractivity contribution in [2.24, 2.45) is 0 Å². The summed E-state index contributed by atoms with van der Waals surface area (Å²) in [6, 6.07) is 4.39. The summed E-state index contributed by atoms with van der Waals surface area (Å²) in [6.07, 6.45) is 15.8. The number of aryl methyl sites for hydroxylation is 1. The van der Waals surface area contributed by atoms with Gasteiger partial charge in [0.2, 0.25) is 0 Å². The van der Waals surface area contributed by atoms with Gasteiger partial charge in [-0.15, -0.1) is 0 Å². The van der Waals surface area contributed by atoms with E-state index in [0.29, 0.717) is 0 Å². The molecular weight excluding hydrogens is 266 g/mol. The van der Waals surface area contributed by atoms with Crippen molar-refractivity contribution in [3.63, 3.8) is 0 Å². The van der Waals surface area contributed by atoms with E-state index in [1.807, 2.05) is 0 Å². The van der Waals surface area contributed by atoms with Gasteiger partial charge in [-0.25, -0.2) is 0 Å². The number of benzene rings is 1. The van der Waals surface area contributed by atoms with Crippen molar-refractivity contribution in [3.05, 3.63) is 28.8 Å². The summed E-state index contributed by atoms with van der Waals surface area (Å²) in [7, 11) is 0. The van der Waals surface area contributed by atoms with Gasteiger partial charge in [-0.2, -0.15) is 0 Å². The average molecular weight is 304 g/mol. The van der Waals surface area contributed by atoms with Gasteiger partial charge in [0.05, 0.1) is 0 Å². The second-order valence-electron chi connectivity index (χ2n) is 6.75. The molecule has 1 aromatic rings. The van der Waals surface area contributed by atoms with Gasteiger partial charge in [-0.05, 0) is 55.4 Å². The first-order valence-electron chi connectivity index (χ1n) is 9.57. The maximum Gasteiger partial charge on any atom is 0.0349 e. The fraction of sp³-hybridized carbons (Fsp3) is 0.714. The molecule has 1 rings (SSSR count). The normalized spacial score (nSPS) is 11.0. The Morgan fingerprint density at radius 3 is 1.86 bits per heavy atom. The highest BCUT2D eigenvalue weighted by atomic mass is 14.6. The number of unbranched alkanes of at least 4 members (excludes halogenated alkanes) is 8. The van der Waals surface area contributed by atoms with Gasteiger partial charge in [0.1, 0.15) is 0 Å². The van der Waals surface area contributed by atoms with Crippen molar-refractivity contribution in [2.75, 3.05) is 5.73 Å². The van der Waals surface area contributed by atoms with E-state index in [4.69, 9.17) is 5.73 Å². The van der Waals surface area contributed by atoms with Crippen LogP contribution in [0.25, 0.3) is 0 Å². The lowest BCUT2D eigenvalue weighted by molar-refractivity contribution is 0.627. The van der Waals surface area contributed by atoms with E-state index in [9.17, 15) is 0 Å². The van der Waals surface area contributed by atoms with Crippen LogP contribution in [0.15, 0.2) is 12.1 Å². The van der Waals surface area contributed by atoms with Gasteiger partial charge in [0.15, 0.2) is 0 Å². The van der Waals surface area contributed by atoms with Gasteiger partial charge in [0, 0.05) is 5.69 Å². The average Bonchev–Trinajstić information content (AvgIpc) is 2.51. The molecule has 0 aliphatic rings. The van der Waals surface area contributed by atoms with Crippen LogP contribution in [0.4, 0.5) is 5.69 Å². The maximum absolute atomic E-state index is 6.23. The zero-order chi connectivity index (χ0) is 16.2. The standard InChI is InChI=1S/C21H37N/c1-4-6-8-10-12-14-19-16-17-21(22)20(18(19)3)15-13-11-9-7-5-2/h16-17H,4-15,22H2,1-3H3. The lowest BCUT2D eigenvalue weighted by Crippen LogP contribution is -2.02. The molecule has 0 aliphatic carbocycles. The molecule has 0 saturated carbocycles. The number of anilines is 1. The highest BCUT2D eigenvalue weighted by Gasteiger charge is 2.08. The summed E-state index contributed by atoms with van der Waals surface area (Å²) < 4.78 is 0. The molecule has 22 heavy (non-hydrogen) atoms. The Morgan fingerprint density at radius 1 is 0.727 bits per heavy atom. The first-order valence-corrected chi connectivity index (χ1v) is 9.57. The molecule has 0 heterocycles. The van der Waals surface area contributed by atoms with Crippen molar-refractivity contribution in [1.29, 1.82) is 0 Å². The summed E-state index contributed by atoms with van der Waals surface area (Å²) in [5.41, 5.74) is 11.6. The molecule has 0 aromatic heterocycles. The summed E-state index contributed by atoms with van der Waals surface area (Å²) in [5, 5.41) is 0. The first-order chi connectivity index (χ1) is 10.7. The van der Waals surface area contributed by atoms with Crippen LogP contribution in [0, 0.1) is 6.92 Å². The Labute approximate surface area is 138 Å². The lowest BCUT2D eigenvalue weighted by atomic mass is 9.93. The molecule has 126 valence electrons. The highest BCUT2D eigenvalue weighted by Crippen LogP contribution is 2.24. The van der Waals surface area contributed by atoms with Crippen molar-refractivity contribution in [2.45, 2.75) is 97.8 Å². The molecule has 0 atom stereocenters. The molecule has 0 saturated heterocycles. The lowest BCUT2D eigenvalue weighted by Gasteiger charge is -2.14. The van der Waals surface area contributed by atoms with E-state index in [0.717, 1.165) is 12.1 Å². The minimum absolute atomic E-state index is 1.00. The first kappa shape index (κ1) is 19.1. The van der Waals surface area contributed by atoms with Gasteiger partial charge < -0.3 is 5.73 Å². The summed E-state index contributed by atoms with van der Waals surface area (Å²) in [6.45, 7) is 6.82. The quantitative estimate of drug-likeness (QED) is 0.341. The predicted molar refractivity (Wildman–Crippen MR) is 101 cm³/mol. The second kappa shape index (κ2) is 11.6. The molecule has 2 N–H and O–H groups in total. The summed E-state index contributed by atoms with van der Waals surface area (Å²) >= 11 is 0. The maximum atomic E-state index is 6.23. The second-order valence-corrected chi connectivity index (χ2v) is 6.75. The van der Waals surface area contributed by atoms with Crippen LogP contribution in [-0.4, -0.2) is 0 Å². The number of rotatable bonds is 12. The minimum atomic E-state index is 1.00. The minimum Gasteiger partial charge on any atom is -0.398 e. The third-order valence-electron chi connectivity index (χ3n) is 4.83. The Kier molecular flexibility index (Phi) is 10.0. The number of nitrogens with two attached hydrogens (primary N) is 1. The van der Waals surface area contributed by atoms with Gasteiger partial charge in [-0.3, -0.25) is 0 Å². The van der Waals surface area contributed by atoms with E-state index < -0.39 is 0 Å². The number of nitrogen functional groups attached to an aromatic ring is 1. The van der Waals surface area contributed by atoms with Crippen LogP contribution < -0.4 is 5.73 Å². The monoisotopic (exact) mass is 303 g/mol. The smallest absolute Gasteiger partial charge is 0.0349 e. The molecule has 0 unspecified atom stereocenters. The molecule has 0 fully saturated rings. The van der Waals surface area contributed by atoms with Crippen LogP contribution in [0.3, 0.4) is 0 Å². The van der Waals surface area contributed by atoms with Crippen molar-refractivity contribution < 1.29 is 0 Å². The molecule has 1 nitrogen and oxygen atoms in total. The Hall–Kier alpha value is -0.980. The van der Waals surface area contributed by atoms with Gasteiger partial charge >= 0.3 is 0 Å². The van der Waals surface area contributed by atoms with Gasteiger partial charge in [0.25, 0.3) is 0 Å². The van der Waals surface area contributed by atoms with Crippen LogP contribution >= 0.6 is 0 Å². The molecular formula is C21H37N. The molecule has 0 radical (unpaired) electrons. The zero-order valence-corrected chi connectivity index (χ0v) is 15.2. The van der Waals surface area contributed by atoms with Crippen molar-refractivity contribution in [3.8, 4) is 0 Å². The zero-order valence-electron chi connectivity index (χ0n) is 15.2. The fourth-order valence-corrected chi connectivity index (χ4v) is 3.25. The predicted octanol–water partition coefficient (Wildman–Crippen LogP) is 6.60. The van der Waals surface area contributed by atoms with E-state index in [2.05, 4.69) is 32.9 Å². The molecule has 1 aromatic carbocycles. The SMILES string of the molecule is CCCCCCCc1ccc(N)c(CCCCCCC)c1C. The Balaban J connectivity index is 2.48. The fourth-order valence-electron chi connectivity index (χ4n) is 3.25. The largest absolute Gasteiger partial charge is 0.398 e. The third-order valence-corrected chi connectivity index (χ3v) is 4.83. The topological polar surface area (TPSA) is 26.0 Å². The van der Waals surface area contributed by atoms with E-state index >= 15 is 0 Å². The molecule has 0 amide bonds. The van der Waals surface area contributed by atoms with Crippen LogP contribution in [-0.2, 0) is 12.8 Å². The molecule has 1 heteroatoms. The summed E-state index contributed by atoms with van der Waals surface area (Å²) in [5.74, 6) is 0. The van der Waals surface area contributed by atoms with E-state index in [1.165, 1.54) is 87.3 Å². The molecule has 0 spiro atoms. The molecule has 0 bridgehead atoms. The van der Waals surface area contributed by atoms with Crippen LogP contribution in [0.5, 0.6) is 0 Å². The van der Waals surface area contributed by atoms with Crippen molar-refractivity contribution in [1.82, 2.24) is 0 Å². The third kappa shape index (κ3) is 6.85. The van der Waals surface area contributed by atoms with Crippen LogP contribution in [0.2, 0.25) is 0 Å². The van der Waals surface area contributed by atoms with Crippen LogP contribution in [0.1, 0.15) is 94.7 Å². The molecule has 0 aliphatic heterocycles. The number of hydrogen-bond donors (Lipinski definition) is 1. The van der Waals surface area contributed by atoms with Gasteiger partial charge in [-0.1, -0.05) is 71.3 Å². The highest BCUT2D eigenvalue weighted by molar-refractivity contribution is 5.53. The summed E-state index contributed by atoms with van der Waals surface area (Å²) in [4.78, 5) is 0. The van der Waals surface area contributed by atoms with Crippen molar-refractivity contribution >= 4 is 5.69 Å². The number of hydrogen-bond acceptors (Lipinski definition) is 1. The Morgan fingerprint density at radius 2 is 1.27 bits per heavy atom. The van der Waals surface area contributed by atoms with E-state index in [-0.39, 0.29) is 0 Å². The van der Waals surface area contributed by atoms with E-state index in [1.54, 1.807) is 0 Å². The Bertz CT molecular complexity index is 409.